The number of benzene rings is 1. The van der Waals surface area contributed by atoms with Crippen molar-refractivity contribution in [2.75, 3.05) is 20.4 Å². The number of aliphatic carboxylic acids is 1. The van der Waals surface area contributed by atoms with Gasteiger partial charge >= 0.3 is 17.8 Å². The van der Waals surface area contributed by atoms with Crippen molar-refractivity contribution < 1.29 is 45.9 Å². The van der Waals surface area contributed by atoms with Gasteiger partial charge in [-0.3, -0.25) is 19.7 Å². The van der Waals surface area contributed by atoms with Gasteiger partial charge in [-0.1, -0.05) is 13.8 Å². The fourth-order valence-corrected chi connectivity index (χ4v) is 4.33. The predicted molar refractivity (Wildman–Crippen MR) is 127 cm³/mol. The predicted octanol–water partition coefficient (Wildman–Crippen LogP) is 1.94. The Labute approximate surface area is 215 Å². The number of nitro groups is 1. The Kier molecular flexibility index (Phi) is 8.78. The highest BCUT2D eigenvalue weighted by Gasteiger charge is 2.47. The molecule has 1 aliphatic heterocycles. The Bertz CT molecular complexity index is 1310. The molecule has 1 aromatic rings. The number of ether oxygens (including phenoxy) is 1. The molecule has 2 rings (SSSR count). The first-order chi connectivity index (χ1) is 17.2. The summed E-state index contributed by atoms with van der Waals surface area (Å²) in [6.45, 7) is 3.23. The average Bonchev–Trinajstić information content (AvgIpc) is 2.75. The number of nitrogens with two attached hydrogens (primary N) is 1. The number of allylic oxidation sites excluding steroid dienone is 1. The van der Waals surface area contributed by atoms with E-state index in [1.54, 1.807) is 13.8 Å². The van der Waals surface area contributed by atoms with Gasteiger partial charge in [0.05, 0.1) is 10.5 Å². The van der Waals surface area contributed by atoms with E-state index in [0.29, 0.717) is 18.4 Å². The molecule has 0 aliphatic carbocycles. The van der Waals surface area contributed by atoms with Gasteiger partial charge in [0.2, 0.25) is 5.50 Å². The maximum absolute atomic E-state index is 13.6. The molecule has 210 valence electrons. The Balaban J connectivity index is 2.87. The van der Waals surface area contributed by atoms with Crippen molar-refractivity contribution >= 4 is 27.4 Å². The van der Waals surface area contributed by atoms with Gasteiger partial charge in [-0.15, -0.1) is 0 Å². The van der Waals surface area contributed by atoms with Crippen LogP contribution in [0, 0.1) is 22.0 Å². The van der Waals surface area contributed by atoms with Crippen molar-refractivity contribution in [2.45, 2.75) is 31.9 Å². The van der Waals surface area contributed by atoms with Crippen molar-refractivity contribution in [1.82, 2.24) is 9.91 Å². The normalized spacial score (nSPS) is 17.3. The van der Waals surface area contributed by atoms with Gasteiger partial charge in [0, 0.05) is 25.9 Å². The number of rotatable bonds is 9. The summed E-state index contributed by atoms with van der Waals surface area (Å²) in [6.07, 6.45) is -4.50. The molecular weight excluding hydrogens is 539 g/mol. The molecule has 38 heavy (non-hydrogen) atoms. The van der Waals surface area contributed by atoms with E-state index in [0.717, 1.165) is 11.0 Å². The summed E-state index contributed by atoms with van der Waals surface area (Å²) in [7, 11) is -1.74. The summed E-state index contributed by atoms with van der Waals surface area (Å²) in [4.78, 5) is 40.1. The molecule has 1 aliphatic rings. The van der Waals surface area contributed by atoms with Crippen molar-refractivity contribution in [1.29, 1.82) is 0 Å². The quantitative estimate of drug-likeness (QED) is 0.255. The number of halogens is 3. The summed E-state index contributed by atoms with van der Waals surface area (Å²) in [6, 6.07) is 1.81. The molecule has 13 nitrogen and oxygen atoms in total. The first-order valence-electron chi connectivity index (χ1n) is 10.8. The molecule has 0 saturated carbocycles. The van der Waals surface area contributed by atoms with Crippen LogP contribution in [0.3, 0.4) is 0 Å². The molecule has 0 bridgehead atoms. The lowest BCUT2D eigenvalue weighted by Gasteiger charge is -2.31. The third-order valence-corrected chi connectivity index (χ3v) is 6.27. The third kappa shape index (κ3) is 6.77. The second-order valence-corrected chi connectivity index (χ2v) is 11.1. The van der Waals surface area contributed by atoms with Gasteiger partial charge in [0.1, 0.15) is 17.4 Å². The maximum atomic E-state index is 13.6. The van der Waals surface area contributed by atoms with Crippen LogP contribution in [0.4, 0.5) is 13.2 Å². The van der Waals surface area contributed by atoms with Gasteiger partial charge in [-0.25, -0.2) is 24.3 Å². The number of carbonyl (C=O) groups is 2. The fourth-order valence-electron chi connectivity index (χ4n) is 3.52. The van der Waals surface area contributed by atoms with Crippen molar-refractivity contribution in [2.24, 2.45) is 22.7 Å². The zero-order valence-electron chi connectivity index (χ0n) is 20.9. The summed E-state index contributed by atoms with van der Waals surface area (Å²) in [5, 5.41) is 22.1. The van der Waals surface area contributed by atoms with E-state index >= 15 is 0 Å². The Morgan fingerprint density at radius 1 is 1.29 bits per heavy atom. The molecule has 17 heteroatoms. The number of carboxylic acid groups (broad SMARTS) is 1. The van der Waals surface area contributed by atoms with Gasteiger partial charge in [0.15, 0.2) is 9.84 Å². The monoisotopic (exact) mass is 565 g/mol. The van der Waals surface area contributed by atoms with E-state index in [2.05, 4.69) is 4.99 Å². The lowest BCUT2D eigenvalue weighted by Crippen LogP contribution is -2.51. The van der Waals surface area contributed by atoms with Crippen LogP contribution in [0.2, 0.25) is 0 Å². The number of hydrogen-bond donors (Lipinski definition) is 2. The SMILES string of the molecule is CC(C)CC(C(=O)O)C1=NC(S(C)(=O)=O)N(N)C(Oc2cc(C(=O)N(C)C)cc(C(F)(F)F)c2)=C1[N+](=O)[O-]. The second-order valence-electron chi connectivity index (χ2n) is 9.05. The number of amides is 1. The van der Waals surface area contributed by atoms with E-state index in [1.165, 1.54) is 14.1 Å². The van der Waals surface area contributed by atoms with E-state index < -0.39 is 78.4 Å². The lowest BCUT2D eigenvalue weighted by molar-refractivity contribution is -0.420. The van der Waals surface area contributed by atoms with Crippen LogP contribution in [-0.4, -0.2) is 71.8 Å². The summed E-state index contributed by atoms with van der Waals surface area (Å²) < 4.78 is 70.9. The number of aliphatic imine (C=N–C) groups is 1. The molecule has 1 heterocycles. The lowest BCUT2D eigenvalue weighted by atomic mass is 9.90. The summed E-state index contributed by atoms with van der Waals surface area (Å²) in [5.74, 6) is -0.466. The van der Waals surface area contributed by atoms with Gasteiger partial charge in [0.25, 0.3) is 11.8 Å². The van der Waals surface area contributed by atoms with Crippen LogP contribution >= 0.6 is 0 Å². The van der Waals surface area contributed by atoms with E-state index in [-0.39, 0.29) is 17.3 Å². The fraction of sp³-hybridized carbons (Fsp3) is 0.476. The number of carbonyl (C=O) groups excluding carboxylic acids is 1. The molecule has 1 amide bonds. The number of hydrogen-bond acceptors (Lipinski definition) is 10. The number of alkyl halides is 3. The van der Waals surface area contributed by atoms with E-state index in [4.69, 9.17) is 10.6 Å². The van der Waals surface area contributed by atoms with Crippen LogP contribution in [0.15, 0.2) is 34.8 Å². The molecule has 2 atom stereocenters. The first-order valence-corrected chi connectivity index (χ1v) is 12.7. The van der Waals surface area contributed by atoms with Crippen LogP contribution in [0.25, 0.3) is 0 Å². The Morgan fingerprint density at radius 2 is 1.87 bits per heavy atom. The molecule has 0 spiro atoms. The smallest absolute Gasteiger partial charge is 0.416 e. The molecule has 0 radical (unpaired) electrons. The van der Waals surface area contributed by atoms with E-state index in [1.807, 2.05) is 0 Å². The average molecular weight is 566 g/mol. The molecule has 0 saturated heterocycles. The van der Waals surface area contributed by atoms with E-state index in [9.17, 15) is 46.4 Å². The topological polar surface area (TPSA) is 186 Å². The molecule has 0 fully saturated rings. The number of sulfone groups is 1. The third-order valence-electron chi connectivity index (χ3n) is 5.17. The Hall–Kier alpha value is -3.73. The number of hydrazine groups is 1. The zero-order valence-corrected chi connectivity index (χ0v) is 21.7. The van der Waals surface area contributed by atoms with Crippen LogP contribution in [0.5, 0.6) is 5.75 Å². The van der Waals surface area contributed by atoms with Crippen molar-refractivity contribution in [3.8, 4) is 5.75 Å². The highest BCUT2D eigenvalue weighted by atomic mass is 32.2. The molecule has 1 aromatic carbocycles. The van der Waals surface area contributed by atoms with Crippen LogP contribution in [-0.2, 0) is 20.8 Å². The van der Waals surface area contributed by atoms with Gasteiger partial charge in [-0.2, -0.15) is 13.2 Å². The van der Waals surface area contributed by atoms with Gasteiger partial charge < -0.3 is 14.7 Å². The Morgan fingerprint density at radius 3 is 2.29 bits per heavy atom. The second kappa shape index (κ2) is 10.9. The largest absolute Gasteiger partial charge is 0.481 e. The van der Waals surface area contributed by atoms with Gasteiger partial charge in [-0.05, 0) is 30.5 Å². The standard InChI is InChI=1S/C21H26F3N5O8S/c1-10(2)6-14(19(31)32)15-16(29(33)34)18(28(25)20(26-15)38(5,35)36)37-13-8-11(17(30)27(3)4)7-12(9-13)21(22,23)24/h7-10,14,20H,6,25H2,1-5H3,(H,31,32). The van der Waals surface area contributed by atoms with Crippen molar-refractivity contribution in [3.63, 3.8) is 0 Å². The minimum atomic E-state index is -4.97. The summed E-state index contributed by atoms with van der Waals surface area (Å²) in [5.41, 5.74) is -5.89. The zero-order chi connectivity index (χ0) is 29.3. The highest BCUT2D eigenvalue weighted by molar-refractivity contribution is 7.91. The number of carboxylic acids is 1. The molecule has 3 N–H and O–H groups in total. The highest BCUT2D eigenvalue weighted by Crippen LogP contribution is 2.35. The molecule has 0 aromatic heterocycles. The van der Waals surface area contributed by atoms with Crippen LogP contribution < -0.4 is 10.6 Å². The minimum Gasteiger partial charge on any atom is -0.481 e. The minimum absolute atomic E-state index is 0.203. The summed E-state index contributed by atoms with van der Waals surface area (Å²) >= 11 is 0. The first kappa shape index (κ1) is 30.5. The molecule has 2 unspecified atom stereocenters. The number of nitrogens with zero attached hydrogens (tertiary/aromatic N) is 4. The molecular formula is C21H26F3N5O8S. The van der Waals surface area contributed by atoms with Crippen molar-refractivity contribution in [3.05, 3.63) is 51.0 Å². The maximum Gasteiger partial charge on any atom is 0.416 e. The van der Waals surface area contributed by atoms with Crippen LogP contribution in [0.1, 0.15) is 36.2 Å².